The van der Waals surface area contributed by atoms with Crippen LogP contribution in [0.25, 0.3) is 0 Å². The zero-order chi connectivity index (χ0) is 20.4. The lowest BCUT2D eigenvalue weighted by molar-refractivity contribution is 0.143. The number of nitrogens with one attached hydrogen (secondary N) is 2. The molecule has 0 radical (unpaired) electrons. The smallest absolute Gasteiger partial charge is 0.213 e. The lowest BCUT2D eigenvalue weighted by Gasteiger charge is -2.27. The third-order valence-corrected chi connectivity index (χ3v) is 4.32. The maximum atomic E-state index is 13.5. The number of aliphatic imine (C=N–C) groups is 1. The summed E-state index contributed by atoms with van der Waals surface area (Å²) in [6, 6.07) is 10.5. The van der Waals surface area contributed by atoms with E-state index in [1.807, 2.05) is 18.2 Å². The molecule has 160 valence electrons. The van der Waals surface area contributed by atoms with E-state index in [2.05, 4.69) is 34.5 Å². The molecule has 0 saturated carbocycles. The van der Waals surface area contributed by atoms with Gasteiger partial charge in [0.2, 0.25) is 5.88 Å². The Bertz CT molecular complexity index is 770. The molecule has 0 saturated heterocycles. The normalized spacial score (nSPS) is 11.6. The van der Waals surface area contributed by atoms with Crippen molar-refractivity contribution in [2.75, 3.05) is 33.9 Å². The van der Waals surface area contributed by atoms with Crippen LogP contribution in [0.15, 0.2) is 47.6 Å². The molecule has 1 aromatic carbocycles. The van der Waals surface area contributed by atoms with Crippen molar-refractivity contribution in [1.82, 2.24) is 15.6 Å². The van der Waals surface area contributed by atoms with Gasteiger partial charge in [-0.1, -0.05) is 32.0 Å². The van der Waals surface area contributed by atoms with Crippen LogP contribution in [0, 0.1) is 5.82 Å². The SMILES string of the molecule is CN=C(NCc1ccc(OCCOC)nc1)NCC(C)(C)c1cccc(F)c1.I. The summed E-state index contributed by atoms with van der Waals surface area (Å²) in [5.74, 6) is 1.01. The van der Waals surface area contributed by atoms with Crippen LogP contribution in [0.2, 0.25) is 0 Å². The number of nitrogens with zero attached hydrogens (tertiary/aromatic N) is 2. The van der Waals surface area contributed by atoms with Crippen molar-refractivity contribution in [2.45, 2.75) is 25.8 Å². The lowest BCUT2D eigenvalue weighted by Crippen LogP contribution is -2.43. The second-order valence-corrected chi connectivity index (χ2v) is 7.02. The quantitative estimate of drug-likeness (QED) is 0.231. The van der Waals surface area contributed by atoms with Gasteiger partial charge in [-0.15, -0.1) is 24.0 Å². The van der Waals surface area contributed by atoms with Crippen LogP contribution in [0.5, 0.6) is 5.88 Å². The first kappa shape index (κ1) is 25.1. The molecule has 0 spiro atoms. The van der Waals surface area contributed by atoms with Crippen molar-refractivity contribution in [1.29, 1.82) is 0 Å². The monoisotopic (exact) mass is 516 g/mol. The molecular formula is C21H30FIN4O2. The predicted molar refractivity (Wildman–Crippen MR) is 125 cm³/mol. The second kappa shape index (κ2) is 12.6. The Kier molecular flexibility index (Phi) is 10.9. The number of aromatic nitrogens is 1. The molecule has 0 atom stereocenters. The van der Waals surface area contributed by atoms with Gasteiger partial charge in [0.1, 0.15) is 12.4 Å². The molecule has 0 aliphatic heterocycles. The number of rotatable bonds is 9. The van der Waals surface area contributed by atoms with Gasteiger partial charge >= 0.3 is 0 Å². The molecule has 2 rings (SSSR count). The summed E-state index contributed by atoms with van der Waals surface area (Å²) in [4.78, 5) is 8.52. The average molecular weight is 516 g/mol. The van der Waals surface area contributed by atoms with Gasteiger partial charge in [-0.25, -0.2) is 9.37 Å². The molecule has 0 fully saturated rings. The maximum Gasteiger partial charge on any atom is 0.213 e. The summed E-state index contributed by atoms with van der Waals surface area (Å²) >= 11 is 0. The summed E-state index contributed by atoms with van der Waals surface area (Å²) in [6.45, 7) is 6.31. The highest BCUT2D eigenvalue weighted by Gasteiger charge is 2.21. The van der Waals surface area contributed by atoms with Crippen LogP contribution >= 0.6 is 24.0 Å². The van der Waals surface area contributed by atoms with Crippen molar-refractivity contribution >= 4 is 29.9 Å². The van der Waals surface area contributed by atoms with Gasteiger partial charge in [-0.3, -0.25) is 4.99 Å². The number of hydrogen-bond donors (Lipinski definition) is 2. The molecule has 8 heteroatoms. The van der Waals surface area contributed by atoms with Crippen LogP contribution < -0.4 is 15.4 Å². The minimum absolute atomic E-state index is 0. The Morgan fingerprint density at radius 1 is 1.17 bits per heavy atom. The molecule has 2 aromatic rings. The largest absolute Gasteiger partial charge is 0.475 e. The second-order valence-electron chi connectivity index (χ2n) is 7.02. The predicted octanol–water partition coefficient (Wildman–Crippen LogP) is 3.51. The molecule has 1 heterocycles. The van der Waals surface area contributed by atoms with E-state index in [0.717, 1.165) is 11.1 Å². The van der Waals surface area contributed by atoms with E-state index in [-0.39, 0.29) is 35.2 Å². The summed E-state index contributed by atoms with van der Waals surface area (Å²) in [5, 5.41) is 6.56. The van der Waals surface area contributed by atoms with E-state index >= 15 is 0 Å². The van der Waals surface area contributed by atoms with Crippen molar-refractivity contribution in [3.8, 4) is 5.88 Å². The molecule has 2 N–H and O–H groups in total. The number of pyridine rings is 1. The third-order valence-electron chi connectivity index (χ3n) is 4.32. The number of ether oxygens (including phenoxy) is 2. The highest BCUT2D eigenvalue weighted by Crippen LogP contribution is 2.22. The lowest BCUT2D eigenvalue weighted by atomic mass is 9.84. The van der Waals surface area contributed by atoms with Crippen LogP contribution in [0.1, 0.15) is 25.0 Å². The molecule has 0 aliphatic rings. The zero-order valence-electron chi connectivity index (χ0n) is 17.4. The number of halogens is 2. The Hall–Kier alpha value is -1.94. The third kappa shape index (κ3) is 8.53. The van der Waals surface area contributed by atoms with Crippen LogP contribution in [-0.2, 0) is 16.7 Å². The Balaban J connectivity index is 0.00000420. The van der Waals surface area contributed by atoms with Crippen molar-refractivity contribution in [3.63, 3.8) is 0 Å². The van der Waals surface area contributed by atoms with Gasteiger partial charge in [0.25, 0.3) is 0 Å². The van der Waals surface area contributed by atoms with Gasteiger partial charge < -0.3 is 20.1 Å². The molecule has 0 unspecified atom stereocenters. The molecule has 0 aliphatic carbocycles. The molecule has 29 heavy (non-hydrogen) atoms. The van der Waals surface area contributed by atoms with Gasteiger partial charge in [0.15, 0.2) is 5.96 Å². The number of benzene rings is 1. The minimum Gasteiger partial charge on any atom is -0.475 e. The highest BCUT2D eigenvalue weighted by molar-refractivity contribution is 14.0. The Morgan fingerprint density at radius 3 is 2.59 bits per heavy atom. The van der Waals surface area contributed by atoms with Gasteiger partial charge in [0, 0.05) is 44.9 Å². The van der Waals surface area contributed by atoms with Gasteiger partial charge in [-0.2, -0.15) is 0 Å². The zero-order valence-corrected chi connectivity index (χ0v) is 19.7. The number of methoxy groups -OCH3 is 1. The van der Waals surface area contributed by atoms with Crippen LogP contribution in [0.3, 0.4) is 0 Å². The number of hydrogen-bond acceptors (Lipinski definition) is 4. The molecule has 0 amide bonds. The van der Waals surface area contributed by atoms with Crippen LogP contribution in [0.4, 0.5) is 4.39 Å². The Labute approximate surface area is 189 Å². The molecule has 1 aromatic heterocycles. The standard InChI is InChI=1S/C21H29FN4O2.HI/c1-21(2,17-6-5-7-18(22)12-17)15-26-20(23-3)25-14-16-8-9-19(24-13-16)28-11-10-27-4;/h5-9,12-13H,10-11,14-15H2,1-4H3,(H2,23,25,26);1H. The van der Waals surface area contributed by atoms with E-state index in [0.29, 0.717) is 38.1 Å². The van der Waals surface area contributed by atoms with Crippen LogP contribution in [-0.4, -0.2) is 44.9 Å². The van der Waals surface area contributed by atoms with E-state index in [1.165, 1.54) is 6.07 Å². The Morgan fingerprint density at radius 2 is 1.97 bits per heavy atom. The van der Waals surface area contributed by atoms with Crippen molar-refractivity contribution in [2.24, 2.45) is 4.99 Å². The van der Waals surface area contributed by atoms with E-state index in [4.69, 9.17) is 9.47 Å². The first-order valence-electron chi connectivity index (χ1n) is 9.22. The van der Waals surface area contributed by atoms with E-state index in [1.54, 1.807) is 32.5 Å². The molecular weight excluding hydrogens is 486 g/mol. The summed E-state index contributed by atoms with van der Waals surface area (Å²) in [5.41, 5.74) is 1.69. The minimum atomic E-state index is -0.248. The summed E-state index contributed by atoms with van der Waals surface area (Å²) in [6.07, 6.45) is 1.76. The molecule has 6 nitrogen and oxygen atoms in total. The fraction of sp³-hybridized carbons (Fsp3) is 0.429. The van der Waals surface area contributed by atoms with Gasteiger partial charge in [-0.05, 0) is 23.3 Å². The summed E-state index contributed by atoms with van der Waals surface area (Å²) < 4.78 is 23.9. The van der Waals surface area contributed by atoms with Crippen molar-refractivity contribution < 1.29 is 13.9 Å². The first-order valence-corrected chi connectivity index (χ1v) is 9.22. The first-order chi connectivity index (χ1) is 13.4. The fourth-order valence-electron chi connectivity index (χ4n) is 2.55. The van der Waals surface area contributed by atoms with Crippen molar-refractivity contribution in [3.05, 3.63) is 59.5 Å². The fourth-order valence-corrected chi connectivity index (χ4v) is 2.55. The average Bonchev–Trinajstić information content (AvgIpc) is 2.69. The number of guanidine groups is 1. The van der Waals surface area contributed by atoms with Gasteiger partial charge in [0.05, 0.1) is 6.61 Å². The van der Waals surface area contributed by atoms with E-state index in [9.17, 15) is 4.39 Å². The topological polar surface area (TPSA) is 67.8 Å². The summed E-state index contributed by atoms with van der Waals surface area (Å²) in [7, 11) is 3.35. The maximum absolute atomic E-state index is 13.5. The van der Waals surface area contributed by atoms with E-state index < -0.39 is 0 Å². The molecule has 0 bridgehead atoms. The highest BCUT2D eigenvalue weighted by atomic mass is 127.